The predicted molar refractivity (Wildman–Crippen MR) is 141 cm³/mol. The van der Waals surface area contributed by atoms with Crippen molar-refractivity contribution < 1.29 is 21.6 Å². The van der Waals surface area contributed by atoms with Crippen molar-refractivity contribution in [3.63, 3.8) is 0 Å². The molecular formula is C25H23ClF3N7O2S. The molecule has 0 spiro atoms. The van der Waals surface area contributed by atoms with Gasteiger partial charge < -0.3 is 9.88 Å². The van der Waals surface area contributed by atoms with Crippen molar-refractivity contribution in [2.45, 2.75) is 25.1 Å². The third kappa shape index (κ3) is 5.89. The van der Waals surface area contributed by atoms with Crippen LogP contribution >= 0.6 is 11.6 Å². The van der Waals surface area contributed by atoms with Crippen LogP contribution in [0, 0.1) is 0 Å². The van der Waals surface area contributed by atoms with Crippen molar-refractivity contribution in [3.05, 3.63) is 72.0 Å². The van der Waals surface area contributed by atoms with Crippen molar-refractivity contribution >= 4 is 27.6 Å². The van der Waals surface area contributed by atoms with Crippen molar-refractivity contribution in [1.82, 2.24) is 28.8 Å². The third-order valence-electron chi connectivity index (χ3n) is 6.40. The van der Waals surface area contributed by atoms with Gasteiger partial charge in [-0.3, -0.25) is 4.98 Å². The number of imidazole rings is 1. The van der Waals surface area contributed by atoms with Crippen LogP contribution in [0.1, 0.15) is 18.4 Å². The van der Waals surface area contributed by atoms with Crippen molar-refractivity contribution in [2.24, 2.45) is 0 Å². The minimum atomic E-state index is -4.71. The molecule has 0 atom stereocenters. The van der Waals surface area contributed by atoms with E-state index < -0.39 is 21.8 Å². The van der Waals surface area contributed by atoms with Crippen LogP contribution in [0.25, 0.3) is 28.2 Å². The lowest BCUT2D eigenvalue weighted by molar-refractivity contribution is -0.137. The van der Waals surface area contributed by atoms with Gasteiger partial charge in [0.05, 0.1) is 17.0 Å². The maximum atomic E-state index is 13.9. The van der Waals surface area contributed by atoms with Crippen LogP contribution in [0.15, 0.2) is 61.4 Å². The lowest BCUT2D eigenvalue weighted by Gasteiger charge is -2.30. The van der Waals surface area contributed by atoms with Gasteiger partial charge >= 0.3 is 6.18 Å². The number of hydrogen-bond acceptors (Lipinski definition) is 7. The monoisotopic (exact) mass is 577 g/mol. The zero-order valence-corrected chi connectivity index (χ0v) is 22.2. The molecule has 4 heterocycles. The summed E-state index contributed by atoms with van der Waals surface area (Å²) in [4.78, 5) is 16.4. The van der Waals surface area contributed by atoms with Crippen LogP contribution in [0.4, 0.5) is 19.1 Å². The Labute approximate surface area is 227 Å². The molecular weight excluding hydrogens is 555 g/mol. The normalized spacial score (nSPS) is 15.4. The summed E-state index contributed by atoms with van der Waals surface area (Å²) in [5.74, 6) is 0.00182. The van der Waals surface area contributed by atoms with E-state index in [9.17, 15) is 21.6 Å². The molecule has 1 aliphatic rings. The van der Waals surface area contributed by atoms with Crippen LogP contribution in [0.3, 0.4) is 0 Å². The van der Waals surface area contributed by atoms with Gasteiger partial charge in [0.25, 0.3) is 0 Å². The highest BCUT2D eigenvalue weighted by Crippen LogP contribution is 2.37. The highest BCUT2D eigenvalue weighted by molar-refractivity contribution is 7.88. The summed E-state index contributed by atoms with van der Waals surface area (Å²) in [5.41, 5.74) is 0.604. The SMILES string of the molecule is CS(=O)(=O)N1CCC(Nc2ncc(C(F)(F)F)c(-c3cn(-c4cccc(-c5cccnc5)c4Cl)cn3)n2)CC1. The molecule has 1 fully saturated rings. The lowest BCUT2D eigenvalue weighted by atomic mass is 10.1. The standard InChI is InChI=1S/C25H23ClF3N7O2S/c1-39(37,38)36-10-7-17(8-11-36)33-24-31-13-19(25(27,28)29)23(34-24)20-14-35(15-32-20)21-6-2-5-18(22(21)26)16-4-3-9-30-12-16/h2-6,9,12-15,17H,7-8,10-11H2,1H3,(H,31,33,34). The molecule has 9 nitrogen and oxygen atoms in total. The van der Waals surface area contributed by atoms with E-state index in [4.69, 9.17) is 11.6 Å². The van der Waals surface area contributed by atoms with Gasteiger partial charge in [-0.1, -0.05) is 29.8 Å². The lowest BCUT2D eigenvalue weighted by Crippen LogP contribution is -2.42. The summed E-state index contributed by atoms with van der Waals surface area (Å²) in [6, 6.07) is 8.78. The topological polar surface area (TPSA) is 106 Å². The fraction of sp³-hybridized carbons (Fsp3) is 0.280. The first-order valence-corrected chi connectivity index (χ1v) is 14.1. The summed E-state index contributed by atoms with van der Waals surface area (Å²) in [5, 5.41) is 3.43. The molecule has 3 aromatic heterocycles. The quantitative estimate of drug-likeness (QED) is 0.347. The minimum absolute atomic E-state index is 0.00182. The molecule has 0 unspecified atom stereocenters. The number of halogens is 4. The minimum Gasteiger partial charge on any atom is -0.351 e. The van der Waals surface area contributed by atoms with Crippen LogP contribution in [0.5, 0.6) is 0 Å². The van der Waals surface area contributed by atoms with Gasteiger partial charge in [0.1, 0.15) is 23.3 Å². The number of pyridine rings is 1. The zero-order valence-electron chi connectivity index (χ0n) is 20.6. The fourth-order valence-electron chi connectivity index (χ4n) is 4.41. The first-order valence-electron chi connectivity index (χ1n) is 11.9. The molecule has 1 N–H and O–H groups in total. The predicted octanol–water partition coefficient (Wildman–Crippen LogP) is 4.90. The van der Waals surface area contributed by atoms with E-state index in [1.807, 2.05) is 12.1 Å². The second kappa shape index (κ2) is 10.5. The number of benzene rings is 1. The maximum absolute atomic E-state index is 13.9. The number of piperidine rings is 1. The maximum Gasteiger partial charge on any atom is 0.420 e. The summed E-state index contributed by atoms with van der Waals surface area (Å²) in [7, 11) is -3.30. The highest BCUT2D eigenvalue weighted by atomic mass is 35.5. The first-order chi connectivity index (χ1) is 18.5. The number of nitrogens with zero attached hydrogens (tertiary/aromatic N) is 6. The van der Waals surface area contributed by atoms with E-state index in [0.29, 0.717) is 42.2 Å². The summed E-state index contributed by atoms with van der Waals surface area (Å²) >= 11 is 6.68. The third-order valence-corrected chi connectivity index (χ3v) is 8.10. The number of aromatic nitrogens is 5. The average Bonchev–Trinajstić information content (AvgIpc) is 3.38. The van der Waals surface area contributed by atoms with E-state index in [0.717, 1.165) is 18.0 Å². The molecule has 14 heteroatoms. The molecule has 1 aromatic carbocycles. The Morgan fingerprint density at radius 3 is 2.51 bits per heavy atom. The van der Waals surface area contributed by atoms with Gasteiger partial charge in [0, 0.05) is 55.0 Å². The molecule has 39 heavy (non-hydrogen) atoms. The second-order valence-corrected chi connectivity index (χ2v) is 11.4. The molecule has 0 amide bonds. The van der Waals surface area contributed by atoms with E-state index in [-0.39, 0.29) is 23.4 Å². The second-order valence-electron chi connectivity index (χ2n) is 9.08. The Morgan fingerprint density at radius 1 is 1.08 bits per heavy atom. The van der Waals surface area contributed by atoms with E-state index in [1.165, 1.54) is 21.4 Å². The van der Waals surface area contributed by atoms with Crippen LogP contribution in [-0.2, 0) is 16.2 Å². The molecule has 0 aliphatic carbocycles. The van der Waals surface area contributed by atoms with Gasteiger partial charge in [-0.2, -0.15) is 13.2 Å². The van der Waals surface area contributed by atoms with Crippen LogP contribution < -0.4 is 5.32 Å². The fourth-order valence-corrected chi connectivity index (χ4v) is 5.62. The van der Waals surface area contributed by atoms with Gasteiger partial charge in [0.15, 0.2) is 0 Å². The van der Waals surface area contributed by atoms with Gasteiger partial charge in [-0.05, 0) is 25.0 Å². The van der Waals surface area contributed by atoms with E-state index in [2.05, 4.69) is 25.3 Å². The average molecular weight is 578 g/mol. The first kappa shape index (κ1) is 27.0. The van der Waals surface area contributed by atoms with Crippen LogP contribution in [0.2, 0.25) is 5.02 Å². The van der Waals surface area contributed by atoms with Gasteiger partial charge in [-0.15, -0.1) is 0 Å². The Balaban J connectivity index is 1.45. The number of hydrogen-bond donors (Lipinski definition) is 1. The number of alkyl halides is 3. The van der Waals surface area contributed by atoms with Gasteiger partial charge in [-0.25, -0.2) is 27.7 Å². The van der Waals surface area contributed by atoms with Crippen LogP contribution in [-0.4, -0.2) is 62.6 Å². The Bertz CT molecular complexity index is 1590. The summed E-state index contributed by atoms with van der Waals surface area (Å²) < 4.78 is 68.1. The summed E-state index contributed by atoms with van der Waals surface area (Å²) in [6.45, 7) is 0.598. The van der Waals surface area contributed by atoms with E-state index >= 15 is 0 Å². The van der Waals surface area contributed by atoms with Crippen molar-refractivity contribution in [2.75, 3.05) is 24.7 Å². The largest absolute Gasteiger partial charge is 0.420 e. The molecule has 204 valence electrons. The molecule has 1 saturated heterocycles. The van der Waals surface area contributed by atoms with E-state index in [1.54, 1.807) is 30.6 Å². The molecule has 0 saturated carbocycles. The molecule has 0 bridgehead atoms. The number of rotatable bonds is 6. The van der Waals surface area contributed by atoms with Crippen molar-refractivity contribution in [3.8, 4) is 28.2 Å². The Kier molecular flexibility index (Phi) is 7.31. The summed E-state index contributed by atoms with van der Waals surface area (Å²) in [6.07, 6.45) is 4.21. The Morgan fingerprint density at radius 2 is 1.85 bits per heavy atom. The molecule has 1 aliphatic heterocycles. The molecule has 0 radical (unpaired) electrons. The Hall–Kier alpha value is -3.55. The number of nitrogens with one attached hydrogen (secondary N) is 1. The smallest absolute Gasteiger partial charge is 0.351 e. The highest BCUT2D eigenvalue weighted by Gasteiger charge is 2.36. The van der Waals surface area contributed by atoms with Crippen molar-refractivity contribution in [1.29, 1.82) is 0 Å². The van der Waals surface area contributed by atoms with Gasteiger partial charge in [0.2, 0.25) is 16.0 Å². The number of sulfonamides is 1. The number of anilines is 1. The zero-order chi connectivity index (χ0) is 27.8. The molecule has 5 rings (SSSR count). The molecule has 4 aromatic rings.